The van der Waals surface area contributed by atoms with Crippen molar-refractivity contribution in [2.24, 2.45) is 16.7 Å². The summed E-state index contributed by atoms with van der Waals surface area (Å²) in [4.78, 5) is 0. The molecule has 5 aromatic rings. The zero-order valence-electron chi connectivity index (χ0n) is 34.4. The summed E-state index contributed by atoms with van der Waals surface area (Å²) in [5.74, 6) is -4.04. The van der Waals surface area contributed by atoms with Crippen LogP contribution in [0.25, 0.3) is 33.0 Å². The summed E-state index contributed by atoms with van der Waals surface area (Å²) in [6.45, 7) is 9.17. The third kappa shape index (κ3) is 9.10. The van der Waals surface area contributed by atoms with Crippen LogP contribution in [0.15, 0.2) is 143 Å². The van der Waals surface area contributed by atoms with Gasteiger partial charge in [-0.2, -0.15) is 52.7 Å². The Bertz CT molecular complexity index is 2990. The molecule has 1 aromatic heterocycles. The molecule has 0 radical (unpaired) electrons. The Morgan fingerprint density at radius 3 is 1.38 bits per heavy atom. The van der Waals surface area contributed by atoms with Gasteiger partial charge in [0.25, 0.3) is 0 Å². The van der Waals surface area contributed by atoms with Crippen LogP contribution in [0, 0.1) is 42.2 Å². The van der Waals surface area contributed by atoms with E-state index in [4.69, 9.17) is 0 Å². The van der Waals surface area contributed by atoms with Crippen LogP contribution < -0.4 is 10.4 Å². The smallest absolute Gasteiger partial charge is 0.170 e. The average molecular weight is 898 g/mol. The molecule has 0 fully saturated rings. The first-order chi connectivity index (χ1) is 29.0. The fraction of sp³-hybridized carbons (Fsp3) is 0.260. The maximum absolute atomic E-state index is 14.6. The van der Waals surface area contributed by atoms with E-state index in [-0.39, 0.29) is 21.6 Å². The number of allylic oxidation sites excluding steroid dienone is 10. The Labute approximate surface area is 357 Å². The minimum Gasteiger partial charge on any atom is -0.170 e. The molecule has 326 valence electrons. The van der Waals surface area contributed by atoms with Crippen LogP contribution in [0.3, 0.4) is 0 Å². The van der Waals surface area contributed by atoms with Crippen LogP contribution in [0.5, 0.6) is 0 Å². The lowest BCUT2D eigenvalue weighted by molar-refractivity contribution is -0.153. The van der Waals surface area contributed by atoms with E-state index >= 15 is 0 Å². The molecule has 13 heteroatoms. The fourth-order valence-electron chi connectivity index (χ4n) is 7.63. The number of hydrogen-bond donors (Lipinski definition) is 0. The Morgan fingerprint density at radius 1 is 0.508 bits per heavy atom. The van der Waals surface area contributed by atoms with E-state index in [2.05, 4.69) is 11.5 Å². The highest BCUT2D eigenvalue weighted by molar-refractivity contribution is 7.08. The summed E-state index contributed by atoms with van der Waals surface area (Å²) in [5, 5.41) is 2.93. The second kappa shape index (κ2) is 15.6. The third-order valence-electron chi connectivity index (χ3n) is 10.9. The maximum atomic E-state index is 14.6. The number of thiophene rings is 1. The zero-order chi connectivity index (χ0) is 46.2. The standard InChI is InChI=1S/C50H37F12S/c1-45(2,3)29-23-39(47(51,52)53)37(40(24-29)48(54,55)56)21-27-15-17-35(33-13-9-7-11-31(27)33)43-19-20-44(63-43)36-18-16-28(32-12-8-10-14-34(32)36)22-38-41(49(57,58)59)25-30(46(4,5)6)26-42(38)50(60,61)62/h7-20,23-26,39H,1-6H3/q+1. The average Bonchev–Trinajstić information content (AvgIpc) is 3.65. The molecule has 4 aromatic carbocycles. The van der Waals surface area contributed by atoms with E-state index < -0.39 is 69.7 Å². The molecule has 7 rings (SSSR count). The van der Waals surface area contributed by atoms with Crippen molar-refractivity contribution in [3.8, 4) is 0 Å². The molecule has 0 saturated heterocycles. The molecular weight excluding hydrogens is 861 g/mol. The van der Waals surface area contributed by atoms with Gasteiger partial charge in [0.15, 0.2) is 17.1 Å². The van der Waals surface area contributed by atoms with E-state index in [0.29, 0.717) is 41.0 Å². The summed E-state index contributed by atoms with van der Waals surface area (Å²) >= 11 is 1.29. The van der Waals surface area contributed by atoms with Crippen LogP contribution in [0.2, 0.25) is 0 Å². The molecular formula is C50H37F12S+. The van der Waals surface area contributed by atoms with Gasteiger partial charge in [-0.15, -0.1) is 17.1 Å². The number of rotatable bonds is 0. The van der Waals surface area contributed by atoms with Gasteiger partial charge in [-0.25, -0.2) is 0 Å². The predicted molar refractivity (Wildman–Crippen MR) is 223 cm³/mol. The SMILES string of the molecule is CC(C)(C)C1=C[C+](C(F)(F)F)C(=C=c2ccc(=c3ccc(=c4ccc(=C=C5C(C(F)(F)F)=CC(C(C)(C)C)=CC5C(F)(F)F)c5ccccc45)s3)c3ccccc23)C(C(F)(F)F)=C1. The molecule has 63 heavy (non-hydrogen) atoms. The second-order valence-corrected chi connectivity index (χ2v) is 18.5. The van der Waals surface area contributed by atoms with Crippen LogP contribution >= 0.6 is 11.3 Å². The van der Waals surface area contributed by atoms with Crippen LogP contribution in [0.4, 0.5) is 52.7 Å². The van der Waals surface area contributed by atoms with Crippen molar-refractivity contribution < 1.29 is 52.7 Å². The minimum atomic E-state index is -5.14. The highest BCUT2D eigenvalue weighted by Gasteiger charge is 2.56. The summed E-state index contributed by atoms with van der Waals surface area (Å²) in [6.07, 6.45) is -17.4. The number of alkyl halides is 12. The van der Waals surface area contributed by atoms with E-state index in [1.165, 1.54) is 65.0 Å². The van der Waals surface area contributed by atoms with Crippen molar-refractivity contribution in [3.05, 3.63) is 179 Å². The van der Waals surface area contributed by atoms with Crippen molar-refractivity contribution in [1.29, 1.82) is 0 Å². The van der Waals surface area contributed by atoms with Gasteiger partial charge in [-0.05, 0) is 88.7 Å². The molecule has 0 amide bonds. The minimum absolute atomic E-state index is 0.00281. The Morgan fingerprint density at radius 2 is 0.952 bits per heavy atom. The van der Waals surface area contributed by atoms with Gasteiger partial charge in [0.05, 0.1) is 10.8 Å². The summed E-state index contributed by atoms with van der Waals surface area (Å²) in [6, 6.07) is 22.6. The molecule has 0 aliphatic heterocycles. The Hall–Kier alpha value is -5.61. The van der Waals surface area contributed by atoms with Crippen LogP contribution in [-0.2, 0) is 0 Å². The number of halogens is 12. The van der Waals surface area contributed by atoms with Gasteiger partial charge in [0.1, 0.15) is 5.92 Å². The number of benzene rings is 4. The fourth-order valence-corrected chi connectivity index (χ4v) is 8.71. The van der Waals surface area contributed by atoms with Gasteiger partial charge >= 0.3 is 24.7 Å². The van der Waals surface area contributed by atoms with E-state index in [1.54, 1.807) is 72.8 Å². The molecule has 2 aliphatic rings. The highest BCUT2D eigenvalue weighted by Crippen LogP contribution is 2.50. The molecule has 0 spiro atoms. The Kier molecular flexibility index (Phi) is 11.2. The van der Waals surface area contributed by atoms with Crippen molar-refractivity contribution in [2.75, 3.05) is 0 Å². The van der Waals surface area contributed by atoms with Crippen molar-refractivity contribution in [1.82, 2.24) is 0 Å². The molecule has 0 N–H and O–H groups in total. The van der Waals surface area contributed by atoms with E-state index in [9.17, 15) is 52.7 Å². The van der Waals surface area contributed by atoms with Gasteiger partial charge in [-0.3, -0.25) is 0 Å². The molecule has 1 atom stereocenters. The first-order valence-corrected chi connectivity index (χ1v) is 20.3. The van der Waals surface area contributed by atoms with Gasteiger partial charge < -0.3 is 0 Å². The quantitative estimate of drug-likeness (QED) is 0.107. The van der Waals surface area contributed by atoms with Crippen LogP contribution in [-0.4, -0.2) is 24.7 Å². The Balaban J connectivity index is 1.51. The zero-order valence-corrected chi connectivity index (χ0v) is 35.2. The first kappa shape index (κ1) is 45.4. The van der Waals surface area contributed by atoms with E-state index in [0.717, 1.165) is 24.3 Å². The topological polar surface area (TPSA) is 0 Å². The lowest BCUT2D eigenvalue weighted by Crippen LogP contribution is -2.31. The summed E-state index contributed by atoms with van der Waals surface area (Å²) in [7, 11) is 0. The predicted octanol–water partition coefficient (Wildman–Crippen LogP) is 14.5. The normalized spacial score (nSPS) is 18.2. The van der Waals surface area contributed by atoms with Crippen molar-refractivity contribution in [3.63, 3.8) is 0 Å². The molecule has 2 aliphatic carbocycles. The lowest BCUT2D eigenvalue weighted by atomic mass is 9.76. The molecule has 1 heterocycles. The second-order valence-electron chi connectivity index (χ2n) is 17.4. The molecule has 1 unspecified atom stereocenters. The number of fused-ring (bicyclic) bond motifs is 2. The largest absolute Gasteiger partial charge is 0.456 e. The lowest BCUT2D eigenvalue weighted by Gasteiger charge is -2.31. The van der Waals surface area contributed by atoms with Gasteiger partial charge in [0.2, 0.25) is 0 Å². The van der Waals surface area contributed by atoms with Crippen molar-refractivity contribution >= 4 is 44.3 Å². The highest BCUT2D eigenvalue weighted by atomic mass is 32.1. The summed E-state index contributed by atoms with van der Waals surface area (Å²) in [5.41, 5.74) is -2.33. The third-order valence-corrected chi connectivity index (χ3v) is 12.1. The first-order valence-electron chi connectivity index (χ1n) is 19.5. The molecule has 0 nitrogen and oxygen atoms in total. The van der Waals surface area contributed by atoms with Gasteiger partial charge in [0, 0.05) is 54.1 Å². The maximum Gasteiger partial charge on any atom is 0.456 e. The van der Waals surface area contributed by atoms with E-state index in [1.807, 2.05) is 0 Å². The molecule has 0 bridgehead atoms. The van der Waals surface area contributed by atoms with Crippen LogP contribution in [0.1, 0.15) is 41.5 Å². The monoisotopic (exact) mass is 897 g/mol. The molecule has 0 saturated carbocycles. The number of hydrogen-bond acceptors (Lipinski definition) is 1. The van der Waals surface area contributed by atoms with Crippen molar-refractivity contribution in [2.45, 2.75) is 66.2 Å². The summed E-state index contributed by atoms with van der Waals surface area (Å²) < 4.78 is 176. The van der Waals surface area contributed by atoms with Gasteiger partial charge in [-0.1, -0.05) is 87.5 Å².